The van der Waals surface area contributed by atoms with Gasteiger partial charge in [-0.1, -0.05) is 0 Å². The van der Waals surface area contributed by atoms with Gasteiger partial charge in [0.2, 0.25) is 5.91 Å². The number of hydrogen-bond acceptors (Lipinski definition) is 2. The minimum absolute atomic E-state index is 0.0364. The van der Waals surface area contributed by atoms with Gasteiger partial charge in [-0.15, -0.1) is 0 Å². The first-order valence-electron chi connectivity index (χ1n) is 8.57. The van der Waals surface area contributed by atoms with Crippen molar-refractivity contribution in [3.05, 3.63) is 35.4 Å². The molecule has 0 bridgehead atoms. The lowest BCUT2D eigenvalue weighted by atomic mass is 10.0. The number of likely N-dealkylation sites (tertiary alicyclic amines) is 1. The number of piperidine rings is 1. The second kappa shape index (κ2) is 7.39. The van der Waals surface area contributed by atoms with E-state index < -0.39 is 11.6 Å². The van der Waals surface area contributed by atoms with E-state index in [9.17, 15) is 13.6 Å². The molecular formula is C18H24F2N2O. The Morgan fingerprint density at radius 2 is 1.91 bits per heavy atom. The third-order valence-electron chi connectivity index (χ3n) is 4.86. The molecule has 1 heterocycles. The van der Waals surface area contributed by atoms with Gasteiger partial charge in [0.05, 0.1) is 0 Å². The summed E-state index contributed by atoms with van der Waals surface area (Å²) in [5.74, 6) is 0.00344. The minimum atomic E-state index is -0.462. The second-order valence-electron chi connectivity index (χ2n) is 6.74. The van der Waals surface area contributed by atoms with Gasteiger partial charge in [0, 0.05) is 25.6 Å². The van der Waals surface area contributed by atoms with Crippen LogP contribution in [0.4, 0.5) is 8.78 Å². The molecule has 0 atom stereocenters. The van der Waals surface area contributed by atoms with Gasteiger partial charge in [-0.05, 0) is 68.3 Å². The Balaban J connectivity index is 1.41. The Kier molecular flexibility index (Phi) is 5.26. The van der Waals surface area contributed by atoms with E-state index in [-0.39, 0.29) is 24.3 Å². The molecule has 0 spiro atoms. The van der Waals surface area contributed by atoms with E-state index in [1.165, 1.54) is 18.9 Å². The van der Waals surface area contributed by atoms with Gasteiger partial charge in [0.25, 0.3) is 0 Å². The zero-order valence-electron chi connectivity index (χ0n) is 13.4. The lowest BCUT2D eigenvalue weighted by Crippen LogP contribution is -2.45. The van der Waals surface area contributed by atoms with Crippen molar-refractivity contribution in [2.75, 3.05) is 19.6 Å². The average Bonchev–Trinajstić information content (AvgIpc) is 3.38. The number of aryl methyl sites for hydroxylation is 1. The molecule has 1 N–H and O–H groups in total. The predicted octanol–water partition coefficient (Wildman–Crippen LogP) is 2.89. The number of halogens is 2. The van der Waals surface area contributed by atoms with E-state index in [4.69, 9.17) is 0 Å². The molecule has 1 aliphatic carbocycles. The standard InChI is InChI=1S/C18H24F2N2O/c19-15-4-5-17(20)14(11-15)3-6-18(23)22-9-7-16(8-10-22)21-12-13-1-2-13/h4-5,11,13,16,21H,1-3,6-10,12H2. The van der Waals surface area contributed by atoms with E-state index in [1.54, 1.807) is 0 Å². The minimum Gasteiger partial charge on any atom is -0.343 e. The van der Waals surface area contributed by atoms with E-state index in [1.807, 2.05) is 4.90 Å². The fourth-order valence-electron chi connectivity index (χ4n) is 3.12. The molecule has 1 amide bonds. The number of nitrogens with zero attached hydrogens (tertiary/aromatic N) is 1. The van der Waals surface area contributed by atoms with Crippen LogP contribution >= 0.6 is 0 Å². The number of amides is 1. The van der Waals surface area contributed by atoms with Crippen molar-refractivity contribution in [1.82, 2.24) is 10.2 Å². The van der Waals surface area contributed by atoms with Crippen LogP contribution in [0.1, 0.15) is 37.7 Å². The number of hydrogen-bond donors (Lipinski definition) is 1. The molecule has 23 heavy (non-hydrogen) atoms. The first kappa shape index (κ1) is 16.4. The highest BCUT2D eigenvalue weighted by Gasteiger charge is 2.25. The molecule has 0 unspecified atom stereocenters. The van der Waals surface area contributed by atoms with Crippen LogP contribution in [0.3, 0.4) is 0 Å². The molecule has 2 aliphatic rings. The van der Waals surface area contributed by atoms with Crippen molar-refractivity contribution >= 4 is 5.91 Å². The Labute approximate surface area is 136 Å². The van der Waals surface area contributed by atoms with Crippen molar-refractivity contribution in [2.24, 2.45) is 5.92 Å². The lowest BCUT2D eigenvalue weighted by molar-refractivity contribution is -0.132. The molecule has 1 aliphatic heterocycles. The summed E-state index contributed by atoms with van der Waals surface area (Å²) in [6, 6.07) is 3.91. The first-order valence-corrected chi connectivity index (χ1v) is 8.57. The SMILES string of the molecule is O=C(CCc1cc(F)ccc1F)N1CCC(NCC2CC2)CC1. The molecule has 1 saturated carbocycles. The van der Waals surface area contributed by atoms with Crippen LogP contribution in [0.2, 0.25) is 0 Å². The maximum atomic E-state index is 13.6. The van der Waals surface area contributed by atoms with Gasteiger partial charge in [-0.2, -0.15) is 0 Å². The number of nitrogens with one attached hydrogen (secondary N) is 1. The average molecular weight is 322 g/mol. The Morgan fingerprint density at radius 1 is 1.17 bits per heavy atom. The van der Waals surface area contributed by atoms with Crippen molar-refractivity contribution in [3.8, 4) is 0 Å². The molecule has 1 saturated heterocycles. The van der Waals surface area contributed by atoms with Crippen LogP contribution < -0.4 is 5.32 Å². The van der Waals surface area contributed by atoms with Gasteiger partial charge in [-0.3, -0.25) is 4.79 Å². The summed E-state index contributed by atoms with van der Waals surface area (Å²) < 4.78 is 26.7. The van der Waals surface area contributed by atoms with Crippen molar-refractivity contribution < 1.29 is 13.6 Å². The third-order valence-corrected chi connectivity index (χ3v) is 4.86. The molecule has 1 aromatic carbocycles. The highest BCUT2D eigenvalue weighted by Crippen LogP contribution is 2.28. The van der Waals surface area contributed by atoms with E-state index >= 15 is 0 Å². The summed E-state index contributed by atoms with van der Waals surface area (Å²) >= 11 is 0. The van der Waals surface area contributed by atoms with E-state index in [0.29, 0.717) is 6.04 Å². The summed E-state index contributed by atoms with van der Waals surface area (Å²) in [5, 5.41) is 3.59. The quantitative estimate of drug-likeness (QED) is 0.873. The fourth-order valence-corrected chi connectivity index (χ4v) is 3.12. The third kappa shape index (κ3) is 4.74. The summed E-state index contributed by atoms with van der Waals surface area (Å²) in [5.41, 5.74) is 0.277. The van der Waals surface area contributed by atoms with Crippen LogP contribution in [0, 0.1) is 17.6 Å². The Bertz CT molecular complexity index is 552. The molecular weight excluding hydrogens is 298 g/mol. The molecule has 5 heteroatoms. The maximum absolute atomic E-state index is 13.6. The largest absolute Gasteiger partial charge is 0.343 e. The van der Waals surface area contributed by atoms with E-state index in [0.717, 1.165) is 50.5 Å². The highest BCUT2D eigenvalue weighted by atomic mass is 19.1. The van der Waals surface area contributed by atoms with Crippen molar-refractivity contribution in [1.29, 1.82) is 0 Å². The Hall–Kier alpha value is -1.49. The Morgan fingerprint density at radius 3 is 2.61 bits per heavy atom. The smallest absolute Gasteiger partial charge is 0.222 e. The zero-order chi connectivity index (χ0) is 16.2. The summed E-state index contributed by atoms with van der Waals surface area (Å²) in [6.45, 7) is 2.62. The number of rotatable bonds is 6. The molecule has 1 aromatic rings. The fraction of sp³-hybridized carbons (Fsp3) is 0.611. The second-order valence-corrected chi connectivity index (χ2v) is 6.74. The molecule has 0 radical (unpaired) electrons. The van der Waals surface area contributed by atoms with Crippen LogP contribution in [-0.2, 0) is 11.2 Å². The lowest BCUT2D eigenvalue weighted by Gasteiger charge is -2.32. The highest BCUT2D eigenvalue weighted by molar-refractivity contribution is 5.76. The van der Waals surface area contributed by atoms with E-state index in [2.05, 4.69) is 5.32 Å². The molecule has 3 rings (SSSR count). The molecule has 0 aromatic heterocycles. The number of carbonyl (C=O) groups is 1. The van der Waals surface area contributed by atoms with Crippen molar-refractivity contribution in [2.45, 2.75) is 44.6 Å². The normalized spacial score (nSPS) is 19.1. The molecule has 3 nitrogen and oxygen atoms in total. The zero-order valence-corrected chi connectivity index (χ0v) is 13.4. The maximum Gasteiger partial charge on any atom is 0.222 e. The van der Waals surface area contributed by atoms with Crippen LogP contribution in [-0.4, -0.2) is 36.5 Å². The molecule has 2 fully saturated rings. The van der Waals surface area contributed by atoms with Crippen LogP contribution in [0.25, 0.3) is 0 Å². The van der Waals surface area contributed by atoms with Gasteiger partial charge >= 0.3 is 0 Å². The topological polar surface area (TPSA) is 32.3 Å². The van der Waals surface area contributed by atoms with Gasteiger partial charge in [-0.25, -0.2) is 8.78 Å². The van der Waals surface area contributed by atoms with Gasteiger partial charge in [0.15, 0.2) is 0 Å². The first-order chi connectivity index (χ1) is 11.1. The van der Waals surface area contributed by atoms with Crippen LogP contribution in [0.15, 0.2) is 18.2 Å². The van der Waals surface area contributed by atoms with Gasteiger partial charge < -0.3 is 10.2 Å². The van der Waals surface area contributed by atoms with Crippen LogP contribution in [0.5, 0.6) is 0 Å². The number of benzene rings is 1. The summed E-state index contributed by atoms with van der Waals surface area (Å²) in [4.78, 5) is 14.1. The predicted molar refractivity (Wildman–Crippen MR) is 85.0 cm³/mol. The summed E-state index contributed by atoms with van der Waals surface area (Å²) in [7, 11) is 0. The number of carbonyl (C=O) groups excluding carboxylic acids is 1. The van der Waals surface area contributed by atoms with Crippen molar-refractivity contribution in [3.63, 3.8) is 0 Å². The van der Waals surface area contributed by atoms with Gasteiger partial charge in [0.1, 0.15) is 11.6 Å². The monoisotopic (exact) mass is 322 g/mol. The summed E-state index contributed by atoms with van der Waals surface area (Å²) in [6.07, 6.45) is 5.14. The molecule has 126 valence electrons.